The Morgan fingerprint density at radius 1 is 1.04 bits per heavy atom. The lowest BCUT2D eigenvalue weighted by molar-refractivity contribution is -0.138. The number of Topliss-reactive ketones (excluding diaryl/α,β-unsaturated/α-hetero) is 1. The van der Waals surface area contributed by atoms with Crippen molar-refractivity contribution in [1.82, 2.24) is 0 Å². The van der Waals surface area contributed by atoms with Gasteiger partial charge in [0.05, 0.1) is 11.3 Å². The van der Waals surface area contributed by atoms with E-state index in [9.17, 15) is 14.4 Å². The fourth-order valence-electron chi connectivity index (χ4n) is 2.80. The molecule has 0 aliphatic carbocycles. The van der Waals surface area contributed by atoms with Crippen LogP contribution in [-0.2, 0) is 14.3 Å². The molecule has 136 valence electrons. The van der Waals surface area contributed by atoms with Crippen LogP contribution in [-0.4, -0.2) is 37.5 Å². The van der Waals surface area contributed by atoms with Crippen LogP contribution >= 0.6 is 0 Å². The van der Waals surface area contributed by atoms with Crippen molar-refractivity contribution in [2.75, 3.05) is 25.1 Å². The molecule has 27 heavy (non-hydrogen) atoms. The number of hydrogen-bond acceptors (Lipinski definition) is 6. The highest BCUT2D eigenvalue weighted by molar-refractivity contribution is 6.03. The molecule has 7 nitrogen and oxygen atoms in total. The number of ketones is 1. The first-order valence-electron chi connectivity index (χ1n) is 8.29. The molecule has 0 saturated carbocycles. The Labute approximate surface area is 154 Å². The molecule has 0 atom stereocenters. The van der Waals surface area contributed by atoms with Gasteiger partial charge in [-0.3, -0.25) is 9.59 Å². The van der Waals surface area contributed by atoms with Crippen LogP contribution in [0, 0.1) is 0 Å². The van der Waals surface area contributed by atoms with Crippen molar-refractivity contribution in [2.24, 2.45) is 0 Å². The zero-order chi connectivity index (χ0) is 18.8. The summed E-state index contributed by atoms with van der Waals surface area (Å²) in [5.74, 6) is -0.0889. The van der Waals surface area contributed by atoms with E-state index < -0.39 is 12.6 Å². The van der Waals surface area contributed by atoms with E-state index in [1.165, 1.54) is 6.07 Å². The van der Waals surface area contributed by atoms with Crippen molar-refractivity contribution in [3.8, 4) is 11.5 Å². The van der Waals surface area contributed by atoms with Crippen molar-refractivity contribution >= 4 is 29.4 Å². The van der Waals surface area contributed by atoms with Crippen LogP contribution in [0.1, 0.15) is 15.9 Å². The van der Waals surface area contributed by atoms with E-state index in [-0.39, 0.29) is 24.9 Å². The number of nitrogens with one attached hydrogen (secondary N) is 1. The van der Waals surface area contributed by atoms with E-state index in [2.05, 4.69) is 5.32 Å². The van der Waals surface area contributed by atoms with Crippen LogP contribution in [0.5, 0.6) is 11.5 Å². The Bertz CT molecular complexity index is 978. The Kier molecular flexibility index (Phi) is 4.33. The van der Waals surface area contributed by atoms with Gasteiger partial charge in [-0.1, -0.05) is 18.2 Å². The number of amides is 1. The van der Waals surface area contributed by atoms with E-state index in [4.69, 9.17) is 14.2 Å². The highest BCUT2D eigenvalue weighted by atomic mass is 16.5. The second-order valence-electron chi connectivity index (χ2n) is 6.04. The Morgan fingerprint density at radius 3 is 2.74 bits per heavy atom. The third-order valence-corrected chi connectivity index (χ3v) is 4.16. The maximum absolute atomic E-state index is 12.3. The molecule has 7 heteroatoms. The number of para-hydroxylation sites is 1. The highest BCUT2D eigenvalue weighted by Gasteiger charge is 2.21. The first-order valence-corrected chi connectivity index (χ1v) is 8.29. The minimum Gasteiger partial charge on any atom is -0.488 e. The summed E-state index contributed by atoms with van der Waals surface area (Å²) in [5.41, 5.74) is 1.86. The summed E-state index contributed by atoms with van der Waals surface area (Å²) in [6.45, 7) is -0.379. The first kappa shape index (κ1) is 16.8. The summed E-state index contributed by atoms with van der Waals surface area (Å²) in [5, 5.41) is 2.63. The molecular weight excluding hydrogens is 350 g/mol. The fraction of sp³-hybridized carbons (Fsp3) is 0.150. The SMILES string of the molecule is O=C1COc2ccc(C(=O)COC(=O)C3=Cc4ccccc4OC3)cc2N1. The molecule has 0 bridgehead atoms. The number of benzene rings is 2. The molecule has 1 N–H and O–H groups in total. The van der Waals surface area contributed by atoms with Crippen molar-refractivity contribution in [1.29, 1.82) is 0 Å². The lowest BCUT2D eigenvalue weighted by atomic mass is 10.1. The highest BCUT2D eigenvalue weighted by Crippen LogP contribution is 2.29. The average Bonchev–Trinajstić information content (AvgIpc) is 2.70. The second-order valence-corrected chi connectivity index (χ2v) is 6.04. The number of hydrogen-bond donors (Lipinski definition) is 1. The molecule has 4 rings (SSSR count). The molecule has 2 heterocycles. The van der Waals surface area contributed by atoms with E-state index in [1.807, 2.05) is 24.3 Å². The van der Waals surface area contributed by atoms with Gasteiger partial charge in [0.1, 0.15) is 18.1 Å². The molecule has 0 saturated heterocycles. The molecule has 0 radical (unpaired) electrons. The van der Waals surface area contributed by atoms with Gasteiger partial charge in [0.25, 0.3) is 5.91 Å². The number of rotatable bonds is 4. The van der Waals surface area contributed by atoms with E-state index in [1.54, 1.807) is 18.2 Å². The molecular formula is C20H15NO6. The molecule has 0 aromatic heterocycles. The first-order chi connectivity index (χ1) is 13.1. The van der Waals surface area contributed by atoms with Gasteiger partial charge in [-0.2, -0.15) is 0 Å². The number of fused-ring (bicyclic) bond motifs is 2. The maximum Gasteiger partial charge on any atom is 0.337 e. The molecule has 2 aliphatic heterocycles. The Hall–Kier alpha value is -3.61. The lowest BCUT2D eigenvalue weighted by Gasteiger charge is -2.18. The van der Waals surface area contributed by atoms with Gasteiger partial charge >= 0.3 is 5.97 Å². The van der Waals surface area contributed by atoms with Crippen LogP contribution in [0.4, 0.5) is 5.69 Å². The summed E-state index contributed by atoms with van der Waals surface area (Å²) in [6.07, 6.45) is 1.69. The third kappa shape index (κ3) is 3.52. The van der Waals surface area contributed by atoms with Crippen LogP contribution < -0.4 is 14.8 Å². The predicted octanol–water partition coefficient (Wildman–Crippen LogP) is 2.22. The zero-order valence-electron chi connectivity index (χ0n) is 14.2. The summed E-state index contributed by atoms with van der Waals surface area (Å²) in [4.78, 5) is 35.9. The zero-order valence-corrected chi connectivity index (χ0v) is 14.2. The van der Waals surface area contributed by atoms with Crippen LogP contribution in [0.3, 0.4) is 0 Å². The number of ether oxygens (including phenoxy) is 3. The lowest BCUT2D eigenvalue weighted by Crippen LogP contribution is -2.25. The summed E-state index contributed by atoms with van der Waals surface area (Å²) < 4.78 is 15.9. The third-order valence-electron chi connectivity index (χ3n) is 4.16. The largest absolute Gasteiger partial charge is 0.488 e. The molecule has 2 aromatic carbocycles. The summed E-state index contributed by atoms with van der Waals surface area (Å²) in [7, 11) is 0. The molecule has 0 spiro atoms. The second kappa shape index (κ2) is 6.95. The van der Waals surface area contributed by atoms with Crippen LogP contribution in [0.25, 0.3) is 6.08 Å². The van der Waals surface area contributed by atoms with Gasteiger partial charge in [-0.25, -0.2) is 4.79 Å². The smallest absolute Gasteiger partial charge is 0.337 e. The summed E-state index contributed by atoms with van der Waals surface area (Å²) >= 11 is 0. The normalized spacial score (nSPS) is 14.5. The van der Waals surface area contributed by atoms with Crippen LogP contribution in [0.15, 0.2) is 48.0 Å². The number of carbonyl (C=O) groups is 3. The number of anilines is 1. The van der Waals surface area contributed by atoms with E-state index in [0.29, 0.717) is 28.3 Å². The van der Waals surface area contributed by atoms with Gasteiger partial charge in [0.2, 0.25) is 0 Å². The van der Waals surface area contributed by atoms with Gasteiger partial charge < -0.3 is 19.5 Å². The minimum absolute atomic E-state index is 0.0573. The van der Waals surface area contributed by atoms with Gasteiger partial charge in [0, 0.05) is 11.1 Å². The van der Waals surface area contributed by atoms with Gasteiger partial charge in [-0.05, 0) is 30.3 Å². The fourth-order valence-corrected chi connectivity index (χ4v) is 2.80. The topological polar surface area (TPSA) is 90.9 Å². The standard InChI is InChI=1S/C20H15NO6/c22-16(12-5-6-18-15(8-12)21-19(23)11-26-18)10-27-20(24)14-7-13-3-1-2-4-17(13)25-9-14/h1-8H,9-11H2,(H,21,23). The molecule has 2 aliphatic rings. The Morgan fingerprint density at radius 2 is 1.85 bits per heavy atom. The van der Waals surface area contributed by atoms with Crippen molar-refractivity contribution in [3.63, 3.8) is 0 Å². The van der Waals surface area contributed by atoms with Gasteiger partial charge in [-0.15, -0.1) is 0 Å². The van der Waals surface area contributed by atoms with Crippen molar-refractivity contribution in [3.05, 3.63) is 59.2 Å². The van der Waals surface area contributed by atoms with E-state index >= 15 is 0 Å². The number of carbonyl (C=O) groups excluding carboxylic acids is 3. The molecule has 0 fully saturated rings. The molecule has 2 aromatic rings. The minimum atomic E-state index is -0.604. The number of esters is 1. The molecule has 0 unspecified atom stereocenters. The van der Waals surface area contributed by atoms with Crippen LogP contribution in [0.2, 0.25) is 0 Å². The van der Waals surface area contributed by atoms with E-state index in [0.717, 1.165) is 5.56 Å². The maximum atomic E-state index is 12.3. The quantitative estimate of drug-likeness (QED) is 0.660. The monoisotopic (exact) mass is 365 g/mol. The molecule has 1 amide bonds. The average molecular weight is 365 g/mol. The van der Waals surface area contributed by atoms with Crippen molar-refractivity contribution < 1.29 is 28.6 Å². The van der Waals surface area contributed by atoms with Gasteiger partial charge in [0.15, 0.2) is 19.0 Å². The summed E-state index contributed by atoms with van der Waals surface area (Å²) in [6, 6.07) is 12.0. The Balaban J connectivity index is 1.41. The predicted molar refractivity (Wildman–Crippen MR) is 95.8 cm³/mol. The van der Waals surface area contributed by atoms with Crippen molar-refractivity contribution in [2.45, 2.75) is 0 Å².